The molecule has 2 heterocycles. The number of nitrogens with zero attached hydrogens (tertiary/aromatic N) is 2. The van der Waals surface area contributed by atoms with E-state index in [4.69, 9.17) is 0 Å². The molecule has 0 aliphatic heterocycles. The van der Waals surface area contributed by atoms with Crippen LogP contribution in [0.4, 0.5) is 0 Å². The third-order valence-electron chi connectivity index (χ3n) is 10.0. The summed E-state index contributed by atoms with van der Waals surface area (Å²) < 4.78 is 2.47. The van der Waals surface area contributed by atoms with Gasteiger partial charge in [-0.3, -0.25) is 4.98 Å². The largest absolute Gasteiger partial charge is 0.309 e. The van der Waals surface area contributed by atoms with Crippen LogP contribution in [-0.4, -0.2) is 9.55 Å². The molecule has 0 saturated carbocycles. The van der Waals surface area contributed by atoms with E-state index in [-0.39, 0.29) is 0 Å². The van der Waals surface area contributed by atoms with Crippen LogP contribution in [0.15, 0.2) is 182 Å². The smallest absolute Gasteiger partial charge is 0.0619 e. The van der Waals surface area contributed by atoms with Gasteiger partial charge in [0.2, 0.25) is 0 Å². The summed E-state index contributed by atoms with van der Waals surface area (Å²) in [5.41, 5.74) is 10.7. The highest BCUT2D eigenvalue weighted by molar-refractivity contribution is 6.19. The molecular weight excluding hydrogens is 593 g/mol. The Kier molecular flexibility index (Phi) is 6.22. The van der Waals surface area contributed by atoms with E-state index in [2.05, 4.69) is 173 Å². The van der Waals surface area contributed by atoms with E-state index < -0.39 is 0 Å². The Labute approximate surface area is 284 Å². The predicted molar refractivity (Wildman–Crippen MR) is 207 cm³/mol. The molecule has 0 fully saturated rings. The summed E-state index contributed by atoms with van der Waals surface area (Å²) >= 11 is 0. The van der Waals surface area contributed by atoms with Crippen LogP contribution in [0, 0.1) is 0 Å². The summed E-state index contributed by atoms with van der Waals surface area (Å²) in [5, 5.41) is 9.93. The van der Waals surface area contributed by atoms with Crippen LogP contribution in [0.5, 0.6) is 0 Å². The number of benzene rings is 8. The first-order valence-corrected chi connectivity index (χ1v) is 16.8. The van der Waals surface area contributed by atoms with Gasteiger partial charge in [-0.25, -0.2) is 0 Å². The fraction of sp³-hybridized carbons (Fsp3) is 0. The van der Waals surface area contributed by atoms with Crippen molar-refractivity contribution in [1.82, 2.24) is 9.55 Å². The number of hydrogen-bond donors (Lipinski definition) is 0. The second-order valence-electron chi connectivity index (χ2n) is 12.8. The van der Waals surface area contributed by atoms with Gasteiger partial charge in [0.25, 0.3) is 0 Å². The highest BCUT2D eigenvalue weighted by Gasteiger charge is 2.17. The maximum Gasteiger partial charge on any atom is 0.0619 e. The minimum absolute atomic E-state index is 1.12. The summed E-state index contributed by atoms with van der Waals surface area (Å²) in [4.78, 5) is 4.36. The van der Waals surface area contributed by atoms with E-state index in [1.807, 2.05) is 18.5 Å². The van der Waals surface area contributed by atoms with Crippen LogP contribution in [0.1, 0.15) is 0 Å². The van der Waals surface area contributed by atoms with Crippen LogP contribution in [0.25, 0.3) is 93.2 Å². The molecule has 0 spiro atoms. The first kappa shape index (κ1) is 27.6. The van der Waals surface area contributed by atoms with Crippen molar-refractivity contribution in [2.24, 2.45) is 0 Å². The number of rotatable bonds is 4. The fourth-order valence-electron chi connectivity index (χ4n) is 7.66. The van der Waals surface area contributed by atoms with Gasteiger partial charge in [-0.1, -0.05) is 133 Å². The molecule has 0 aliphatic carbocycles. The zero-order chi connectivity index (χ0) is 32.3. The lowest BCUT2D eigenvalue weighted by Gasteiger charge is -2.13. The molecule has 228 valence electrons. The van der Waals surface area contributed by atoms with E-state index >= 15 is 0 Å². The molecule has 49 heavy (non-hydrogen) atoms. The standard InChI is InChI=1S/C47H30N2/c1-2-10-34-28-40(21-17-31(34)8-1)49-46-29-36(33-12-5-13-37(26-33)42-16-6-11-32-9-3-4-15-41(32)42)19-23-44(46)45-24-20-38-27-35(18-22-43(38)47(45)49)39-14-7-25-48-30-39/h1-30H. The quantitative estimate of drug-likeness (QED) is 0.191. The van der Waals surface area contributed by atoms with Crippen LogP contribution in [0.3, 0.4) is 0 Å². The van der Waals surface area contributed by atoms with Gasteiger partial charge in [-0.05, 0) is 91.1 Å². The molecule has 0 unspecified atom stereocenters. The monoisotopic (exact) mass is 622 g/mol. The Morgan fingerprint density at radius 1 is 0.367 bits per heavy atom. The van der Waals surface area contributed by atoms with E-state index in [1.165, 1.54) is 81.9 Å². The van der Waals surface area contributed by atoms with Crippen molar-refractivity contribution in [1.29, 1.82) is 0 Å². The van der Waals surface area contributed by atoms with Crippen molar-refractivity contribution in [3.05, 3.63) is 182 Å². The number of fused-ring (bicyclic) bond motifs is 7. The van der Waals surface area contributed by atoms with Crippen molar-refractivity contribution in [2.45, 2.75) is 0 Å². The van der Waals surface area contributed by atoms with Crippen molar-refractivity contribution in [2.75, 3.05) is 0 Å². The summed E-state index contributed by atoms with van der Waals surface area (Å²) in [7, 11) is 0. The average molecular weight is 623 g/mol. The average Bonchev–Trinajstić information content (AvgIpc) is 3.52. The molecule has 10 rings (SSSR count). The lowest BCUT2D eigenvalue weighted by Crippen LogP contribution is -1.95. The molecule has 10 aromatic rings. The van der Waals surface area contributed by atoms with Crippen LogP contribution < -0.4 is 0 Å². The SMILES string of the molecule is c1cncc(-c2ccc3c(ccc4c5ccc(-c6cccc(-c7cccc8ccccc78)c6)cc5n(-c5ccc6ccccc6c5)c34)c2)c1. The van der Waals surface area contributed by atoms with Gasteiger partial charge in [-0.2, -0.15) is 0 Å². The van der Waals surface area contributed by atoms with Crippen molar-refractivity contribution >= 4 is 54.1 Å². The summed E-state index contributed by atoms with van der Waals surface area (Å²) in [6.45, 7) is 0. The Morgan fingerprint density at radius 3 is 1.96 bits per heavy atom. The zero-order valence-corrected chi connectivity index (χ0v) is 26.7. The van der Waals surface area contributed by atoms with Crippen LogP contribution >= 0.6 is 0 Å². The minimum Gasteiger partial charge on any atom is -0.309 e. The molecule has 2 aromatic heterocycles. The van der Waals surface area contributed by atoms with Crippen LogP contribution in [0.2, 0.25) is 0 Å². The molecule has 2 nitrogen and oxygen atoms in total. The molecule has 8 aromatic carbocycles. The molecular formula is C47H30N2. The Morgan fingerprint density at radius 2 is 1.06 bits per heavy atom. The van der Waals surface area contributed by atoms with Gasteiger partial charge in [0.05, 0.1) is 11.0 Å². The van der Waals surface area contributed by atoms with Gasteiger partial charge in [-0.15, -0.1) is 0 Å². The molecule has 0 atom stereocenters. The molecule has 0 aliphatic rings. The first-order valence-electron chi connectivity index (χ1n) is 16.8. The van der Waals surface area contributed by atoms with Crippen molar-refractivity contribution in [3.8, 4) is 39.1 Å². The number of pyridine rings is 1. The van der Waals surface area contributed by atoms with Gasteiger partial charge in [0.15, 0.2) is 0 Å². The highest BCUT2D eigenvalue weighted by atomic mass is 15.0. The normalized spacial score (nSPS) is 11.7. The van der Waals surface area contributed by atoms with E-state index in [0.29, 0.717) is 0 Å². The van der Waals surface area contributed by atoms with Crippen LogP contribution in [-0.2, 0) is 0 Å². The third kappa shape index (κ3) is 4.53. The molecule has 0 amide bonds. The second-order valence-corrected chi connectivity index (χ2v) is 12.8. The second kappa shape index (κ2) is 11.0. The Hall–Kier alpha value is -6.51. The maximum absolute atomic E-state index is 4.36. The molecule has 0 N–H and O–H groups in total. The van der Waals surface area contributed by atoms with Gasteiger partial charge < -0.3 is 4.57 Å². The molecule has 0 radical (unpaired) electrons. The summed E-state index contributed by atoms with van der Waals surface area (Å²) in [6.07, 6.45) is 3.76. The third-order valence-corrected chi connectivity index (χ3v) is 10.0. The van der Waals surface area contributed by atoms with E-state index in [0.717, 1.165) is 11.3 Å². The van der Waals surface area contributed by atoms with Crippen molar-refractivity contribution in [3.63, 3.8) is 0 Å². The first-order chi connectivity index (χ1) is 24.3. The van der Waals surface area contributed by atoms with E-state index in [9.17, 15) is 0 Å². The lowest BCUT2D eigenvalue weighted by atomic mass is 9.95. The number of aromatic nitrogens is 2. The number of hydrogen-bond acceptors (Lipinski definition) is 1. The van der Waals surface area contributed by atoms with Gasteiger partial charge >= 0.3 is 0 Å². The van der Waals surface area contributed by atoms with Gasteiger partial charge in [0.1, 0.15) is 0 Å². The topological polar surface area (TPSA) is 17.8 Å². The Balaban J connectivity index is 1.22. The fourth-order valence-corrected chi connectivity index (χ4v) is 7.66. The Bertz CT molecular complexity index is 2870. The highest BCUT2D eigenvalue weighted by Crippen LogP contribution is 2.40. The van der Waals surface area contributed by atoms with Gasteiger partial charge in [0, 0.05) is 39.8 Å². The summed E-state index contributed by atoms with van der Waals surface area (Å²) in [5.74, 6) is 0. The van der Waals surface area contributed by atoms with E-state index in [1.54, 1.807) is 0 Å². The summed E-state index contributed by atoms with van der Waals surface area (Å²) in [6, 6.07) is 62.1. The lowest BCUT2D eigenvalue weighted by molar-refractivity contribution is 1.19. The minimum atomic E-state index is 1.12. The van der Waals surface area contributed by atoms with Crippen molar-refractivity contribution < 1.29 is 0 Å². The molecule has 0 bridgehead atoms. The predicted octanol–water partition coefficient (Wildman–Crippen LogP) is 12.6. The molecule has 0 saturated heterocycles. The maximum atomic E-state index is 4.36. The zero-order valence-electron chi connectivity index (χ0n) is 26.7. The molecule has 2 heteroatoms.